The Labute approximate surface area is 226 Å². The van der Waals surface area contributed by atoms with Crippen LogP contribution in [0.15, 0.2) is 0 Å². The third kappa shape index (κ3) is 10.3. The van der Waals surface area contributed by atoms with Gasteiger partial charge in [0, 0.05) is 94.2 Å². The fraction of sp³-hybridized carbons (Fsp3) is 1.00. The maximum atomic E-state index is 6.52. The normalized spacial score (nSPS) is 27.2. The molecule has 2 unspecified atom stereocenters. The zero-order valence-electron chi connectivity index (χ0n) is 23.8. The molecule has 3 aliphatic rings. The molecule has 0 amide bonds. The molecule has 37 heavy (non-hydrogen) atoms. The van der Waals surface area contributed by atoms with Crippen LogP contribution in [0.25, 0.3) is 0 Å². The fourth-order valence-corrected chi connectivity index (χ4v) is 10.7. The van der Waals surface area contributed by atoms with E-state index >= 15 is 0 Å². The van der Waals surface area contributed by atoms with Gasteiger partial charge in [-0.25, -0.2) is 0 Å². The van der Waals surface area contributed by atoms with Crippen molar-refractivity contribution in [3.8, 4) is 0 Å². The summed E-state index contributed by atoms with van der Waals surface area (Å²) >= 11 is 0. The molecule has 0 aromatic heterocycles. The van der Waals surface area contributed by atoms with Gasteiger partial charge in [-0.1, -0.05) is 0 Å². The molecule has 3 aliphatic heterocycles. The lowest BCUT2D eigenvalue weighted by Gasteiger charge is -2.43. The van der Waals surface area contributed by atoms with Crippen molar-refractivity contribution in [3.63, 3.8) is 0 Å². The lowest BCUT2D eigenvalue weighted by molar-refractivity contribution is -0.0836. The summed E-state index contributed by atoms with van der Waals surface area (Å²) in [5.74, 6) is 0. The van der Waals surface area contributed by atoms with E-state index in [1.807, 2.05) is 0 Å². The minimum atomic E-state index is -2.85. The first-order valence-electron chi connectivity index (χ1n) is 13.0. The molecule has 0 aromatic rings. The molecule has 0 spiro atoms. The largest absolute Gasteiger partial charge is 0.501 e. The van der Waals surface area contributed by atoms with Crippen molar-refractivity contribution < 1.29 is 49.3 Å². The topological polar surface area (TPSA) is 105 Å². The molecule has 15 heteroatoms. The number of hydrogen-bond donors (Lipinski definition) is 0. The SMILES string of the molecule is CO[Si](CCCOCC1CN2CCC[Si](OC)(O1)OC(COCCC[Si](OC)(OC)OC)C2)(OC)OC. The van der Waals surface area contributed by atoms with Gasteiger partial charge in [-0.15, -0.1) is 0 Å². The highest BCUT2D eigenvalue weighted by atomic mass is 28.4. The van der Waals surface area contributed by atoms with Crippen LogP contribution >= 0.6 is 0 Å². The Morgan fingerprint density at radius 1 is 0.703 bits per heavy atom. The summed E-state index contributed by atoms with van der Waals surface area (Å²) in [7, 11) is 3.43. The molecular formula is C22H49NO11Si3. The highest BCUT2D eigenvalue weighted by Gasteiger charge is 2.48. The second kappa shape index (κ2) is 17.1. The lowest BCUT2D eigenvalue weighted by atomic mass is 10.2. The summed E-state index contributed by atoms with van der Waals surface area (Å²) < 4.78 is 63.8. The molecule has 0 aliphatic carbocycles. The Morgan fingerprint density at radius 3 is 1.51 bits per heavy atom. The van der Waals surface area contributed by atoms with Crippen molar-refractivity contribution in [1.82, 2.24) is 4.90 Å². The van der Waals surface area contributed by atoms with Crippen LogP contribution in [0, 0.1) is 0 Å². The highest BCUT2D eigenvalue weighted by Crippen LogP contribution is 2.28. The average Bonchev–Trinajstić information content (AvgIpc) is 2.90. The monoisotopic (exact) mass is 587 g/mol. The van der Waals surface area contributed by atoms with Gasteiger partial charge >= 0.3 is 26.4 Å². The van der Waals surface area contributed by atoms with Crippen molar-refractivity contribution in [2.45, 2.75) is 49.6 Å². The summed E-state index contributed by atoms with van der Waals surface area (Å²) in [6.45, 7) is 4.62. The molecule has 0 aromatic carbocycles. The lowest BCUT2D eigenvalue weighted by Crippen LogP contribution is -2.60. The molecule has 0 saturated carbocycles. The standard InChI is InChI=1S/C22H49NO11Si3/c1-24-35(25-2,26-3)15-9-12-31-19-21-17-23-11-8-14-37(30-7,33-21)34-22(18-23)20-32-13-10-16-36(27-4,28-5)29-6/h21-22H,8-20H2,1-7H3. The average molecular weight is 588 g/mol. The molecule has 3 rings (SSSR count). The van der Waals surface area contributed by atoms with Crippen molar-refractivity contribution in [2.24, 2.45) is 0 Å². The van der Waals surface area contributed by atoms with Gasteiger partial charge in [0.1, 0.15) is 0 Å². The Hall–Kier alpha value is 0.171. The smallest absolute Gasteiger partial charge is 0.379 e. The Kier molecular flexibility index (Phi) is 15.4. The quantitative estimate of drug-likeness (QED) is 0.162. The van der Waals surface area contributed by atoms with Crippen molar-refractivity contribution >= 4 is 26.4 Å². The van der Waals surface area contributed by atoms with Crippen LogP contribution in [0.2, 0.25) is 18.1 Å². The maximum Gasteiger partial charge on any atom is 0.501 e. The van der Waals surface area contributed by atoms with Gasteiger partial charge in [-0.3, -0.25) is 4.90 Å². The molecule has 0 radical (unpaired) electrons. The first kappa shape index (κ1) is 33.4. The van der Waals surface area contributed by atoms with Gasteiger partial charge in [-0.05, 0) is 25.8 Å². The molecule has 3 fully saturated rings. The molecule has 220 valence electrons. The predicted molar refractivity (Wildman–Crippen MR) is 142 cm³/mol. The van der Waals surface area contributed by atoms with Gasteiger partial charge in [0.25, 0.3) is 0 Å². The highest BCUT2D eigenvalue weighted by molar-refractivity contribution is 6.61. The number of fused-ring (bicyclic) bond motifs is 6. The van der Waals surface area contributed by atoms with E-state index in [0.717, 1.165) is 44.9 Å². The second-order valence-electron chi connectivity index (χ2n) is 9.18. The molecule has 3 saturated heterocycles. The van der Waals surface area contributed by atoms with Gasteiger partial charge in [-0.2, -0.15) is 0 Å². The van der Waals surface area contributed by atoms with Crippen LogP contribution in [0.3, 0.4) is 0 Å². The maximum absolute atomic E-state index is 6.52. The Morgan fingerprint density at radius 2 is 1.14 bits per heavy atom. The summed E-state index contributed by atoms with van der Waals surface area (Å²) in [5.41, 5.74) is 0. The first-order valence-corrected chi connectivity index (χ1v) is 18.8. The molecule has 12 nitrogen and oxygen atoms in total. The van der Waals surface area contributed by atoms with E-state index in [0.29, 0.717) is 38.5 Å². The summed E-state index contributed by atoms with van der Waals surface area (Å²) in [6.07, 6.45) is 2.32. The van der Waals surface area contributed by atoms with E-state index in [1.165, 1.54) is 0 Å². The molecule has 0 N–H and O–H groups in total. The Balaban J connectivity index is 1.82. The fourth-order valence-electron chi connectivity index (χ4n) is 4.78. The van der Waals surface area contributed by atoms with E-state index in [9.17, 15) is 0 Å². The summed E-state index contributed by atoms with van der Waals surface area (Å²) in [4.78, 5) is 2.38. The van der Waals surface area contributed by atoms with E-state index in [-0.39, 0.29) is 12.2 Å². The minimum absolute atomic E-state index is 0.113. The first-order chi connectivity index (χ1) is 17.9. The number of rotatable bonds is 19. The van der Waals surface area contributed by atoms with Crippen LogP contribution in [-0.4, -0.2) is 139 Å². The third-order valence-corrected chi connectivity index (χ3v) is 15.5. The van der Waals surface area contributed by atoms with Crippen LogP contribution in [-0.2, 0) is 49.3 Å². The molecule has 2 atom stereocenters. The molecule has 3 heterocycles. The summed E-state index contributed by atoms with van der Waals surface area (Å²) in [6, 6.07) is 2.17. The van der Waals surface area contributed by atoms with Crippen molar-refractivity contribution in [1.29, 1.82) is 0 Å². The van der Waals surface area contributed by atoms with Crippen LogP contribution in [0.1, 0.15) is 19.3 Å². The van der Waals surface area contributed by atoms with E-state index in [2.05, 4.69) is 4.90 Å². The van der Waals surface area contributed by atoms with Gasteiger partial charge < -0.3 is 49.3 Å². The van der Waals surface area contributed by atoms with Gasteiger partial charge in [0.2, 0.25) is 0 Å². The van der Waals surface area contributed by atoms with Gasteiger partial charge in [0.05, 0.1) is 25.4 Å². The predicted octanol–water partition coefficient (Wildman–Crippen LogP) is 1.63. The van der Waals surface area contributed by atoms with E-state index in [1.54, 1.807) is 49.8 Å². The number of nitrogens with zero attached hydrogens (tertiary/aromatic N) is 1. The number of ether oxygens (including phenoxy) is 2. The van der Waals surface area contributed by atoms with Crippen LogP contribution in [0.4, 0.5) is 0 Å². The van der Waals surface area contributed by atoms with Crippen molar-refractivity contribution in [2.75, 3.05) is 95.8 Å². The molecular weight excluding hydrogens is 538 g/mol. The zero-order chi connectivity index (χ0) is 27.2. The minimum Gasteiger partial charge on any atom is -0.379 e. The zero-order valence-corrected chi connectivity index (χ0v) is 26.8. The van der Waals surface area contributed by atoms with Crippen LogP contribution in [0.5, 0.6) is 0 Å². The van der Waals surface area contributed by atoms with Gasteiger partial charge in [0.15, 0.2) is 0 Å². The number of hydrogen-bond acceptors (Lipinski definition) is 12. The van der Waals surface area contributed by atoms with E-state index < -0.39 is 26.4 Å². The Bertz CT molecular complexity index is 558. The third-order valence-electron chi connectivity index (χ3n) is 6.90. The van der Waals surface area contributed by atoms with E-state index in [4.69, 9.17) is 49.3 Å². The molecule has 2 bridgehead atoms. The second-order valence-corrected chi connectivity index (χ2v) is 18.1. The van der Waals surface area contributed by atoms with Crippen molar-refractivity contribution in [3.05, 3.63) is 0 Å². The van der Waals surface area contributed by atoms with Crippen LogP contribution < -0.4 is 0 Å². The summed E-state index contributed by atoms with van der Waals surface area (Å²) in [5, 5.41) is 0.